The highest BCUT2D eigenvalue weighted by atomic mass is 32.2. The van der Waals surface area contributed by atoms with Crippen LogP contribution in [0.5, 0.6) is 0 Å². The number of nitrogens with one attached hydrogen (secondary N) is 1. The number of aliphatic carboxylic acids is 1. The molecule has 164 valence electrons. The first kappa shape index (κ1) is 24.6. The molecule has 11 heteroatoms. The maximum Gasteiger partial charge on any atom is 0.491 e. The van der Waals surface area contributed by atoms with Crippen LogP contribution in [-0.2, 0) is 28.9 Å². The molecule has 0 unspecified atom stereocenters. The molecule has 30 heavy (non-hydrogen) atoms. The van der Waals surface area contributed by atoms with E-state index in [9.17, 15) is 18.0 Å². The van der Waals surface area contributed by atoms with Gasteiger partial charge in [0.1, 0.15) is 6.54 Å². The highest BCUT2D eigenvalue weighted by molar-refractivity contribution is 8.13. The van der Waals surface area contributed by atoms with E-state index in [-0.39, 0.29) is 10.0 Å². The molecule has 1 aromatic rings. The van der Waals surface area contributed by atoms with Gasteiger partial charge in [-0.15, -0.1) is 0 Å². The minimum atomic E-state index is -3.92. The monoisotopic (exact) mass is 455 g/mol. The number of hydrogen-bond acceptors (Lipinski definition) is 7. The highest BCUT2D eigenvalue weighted by Crippen LogP contribution is 2.39. The summed E-state index contributed by atoms with van der Waals surface area (Å²) in [4.78, 5) is 22.0. The Labute approximate surface area is 181 Å². The molecular weight excluding hydrogens is 429 g/mol. The molecule has 0 aliphatic carbocycles. The van der Waals surface area contributed by atoms with Gasteiger partial charge >= 0.3 is 13.1 Å². The standard InChI is InChI=1S/C19H26BNO7S2/c1-13(22)29-12-15(20-27-18(2,3)19(4,5)28-20)10-14-6-8-16(9-7-14)30(25,26)21-11-17(23)24/h6-10,21H,11-12H2,1-5H3,(H,23,24). The number of thioether (sulfide) groups is 1. The van der Waals surface area contributed by atoms with Gasteiger partial charge in [-0.25, -0.2) is 8.42 Å². The summed E-state index contributed by atoms with van der Waals surface area (Å²) < 4.78 is 38.4. The number of carbonyl (C=O) groups excluding carboxylic acids is 1. The first-order valence-corrected chi connectivity index (χ1v) is 11.7. The average Bonchev–Trinajstić information content (AvgIpc) is 2.84. The number of benzene rings is 1. The van der Waals surface area contributed by atoms with Crippen LogP contribution in [0.3, 0.4) is 0 Å². The zero-order valence-electron chi connectivity index (χ0n) is 17.6. The molecule has 0 radical (unpaired) electrons. The maximum absolute atomic E-state index is 12.1. The largest absolute Gasteiger partial charge is 0.491 e. The fourth-order valence-electron chi connectivity index (χ4n) is 2.55. The zero-order valence-corrected chi connectivity index (χ0v) is 19.2. The number of carboxylic acid groups (broad SMARTS) is 1. The molecule has 0 amide bonds. The molecule has 1 heterocycles. The molecule has 0 bridgehead atoms. The molecule has 0 spiro atoms. The summed E-state index contributed by atoms with van der Waals surface area (Å²) in [6, 6.07) is 5.96. The van der Waals surface area contributed by atoms with E-state index in [1.165, 1.54) is 19.1 Å². The summed E-state index contributed by atoms with van der Waals surface area (Å²) in [6.07, 6.45) is 1.80. The van der Waals surface area contributed by atoms with Gasteiger partial charge in [-0.05, 0) is 50.9 Å². The van der Waals surface area contributed by atoms with Crippen LogP contribution in [0.25, 0.3) is 6.08 Å². The van der Waals surface area contributed by atoms with Crippen molar-refractivity contribution < 1.29 is 32.4 Å². The highest BCUT2D eigenvalue weighted by Gasteiger charge is 2.52. The number of sulfonamides is 1. The third-order valence-corrected chi connectivity index (χ3v) is 7.26. The van der Waals surface area contributed by atoms with Crippen molar-refractivity contribution >= 4 is 46.1 Å². The van der Waals surface area contributed by atoms with E-state index >= 15 is 0 Å². The lowest BCUT2D eigenvalue weighted by Crippen LogP contribution is -2.41. The number of carbonyl (C=O) groups is 2. The van der Waals surface area contributed by atoms with Crippen molar-refractivity contribution in [3.05, 3.63) is 35.3 Å². The Morgan fingerprint density at radius 2 is 1.67 bits per heavy atom. The number of carboxylic acids is 1. The number of rotatable bonds is 8. The normalized spacial score (nSPS) is 18.4. The Balaban J connectivity index is 2.28. The van der Waals surface area contributed by atoms with E-state index in [4.69, 9.17) is 14.4 Å². The Bertz CT molecular complexity index is 924. The van der Waals surface area contributed by atoms with E-state index < -0.39 is 40.9 Å². The van der Waals surface area contributed by atoms with Crippen LogP contribution in [0.1, 0.15) is 40.2 Å². The van der Waals surface area contributed by atoms with Gasteiger partial charge in [-0.3, -0.25) is 9.59 Å². The van der Waals surface area contributed by atoms with Crippen LogP contribution in [-0.4, -0.2) is 55.2 Å². The van der Waals surface area contributed by atoms with Crippen LogP contribution in [0.4, 0.5) is 0 Å². The third-order valence-electron chi connectivity index (χ3n) is 4.95. The summed E-state index contributed by atoms with van der Waals surface area (Å²) in [6.45, 7) is 8.53. The average molecular weight is 455 g/mol. The Morgan fingerprint density at radius 3 is 2.13 bits per heavy atom. The predicted octanol–water partition coefficient (Wildman–Crippen LogP) is 2.34. The van der Waals surface area contributed by atoms with E-state index in [2.05, 4.69) is 0 Å². The molecular formula is C19H26BNO7S2. The first-order chi connectivity index (χ1) is 13.7. The van der Waals surface area contributed by atoms with Crippen LogP contribution >= 0.6 is 11.8 Å². The quantitative estimate of drug-likeness (QED) is 0.574. The Kier molecular flexibility index (Phi) is 7.57. The van der Waals surface area contributed by atoms with Gasteiger partial charge in [0.05, 0.1) is 16.1 Å². The molecule has 2 N–H and O–H groups in total. The van der Waals surface area contributed by atoms with E-state index in [1.807, 2.05) is 32.4 Å². The number of hydrogen-bond donors (Lipinski definition) is 2. The lowest BCUT2D eigenvalue weighted by molar-refractivity contribution is -0.135. The molecule has 1 aliphatic rings. The molecule has 8 nitrogen and oxygen atoms in total. The molecule has 2 rings (SSSR count). The molecule has 0 aromatic heterocycles. The summed E-state index contributed by atoms with van der Waals surface area (Å²) in [5.74, 6) is -0.903. The second-order valence-electron chi connectivity index (χ2n) is 7.88. The van der Waals surface area contributed by atoms with Crippen molar-refractivity contribution in [1.29, 1.82) is 0 Å². The maximum atomic E-state index is 12.1. The minimum absolute atomic E-state index is 0.0386. The molecule has 1 aliphatic heterocycles. The fourth-order valence-corrected chi connectivity index (χ4v) is 4.12. The van der Waals surface area contributed by atoms with Crippen LogP contribution in [0, 0.1) is 0 Å². The molecule has 1 fully saturated rings. The molecule has 1 aromatic carbocycles. The van der Waals surface area contributed by atoms with Crippen molar-refractivity contribution in [2.75, 3.05) is 12.3 Å². The van der Waals surface area contributed by atoms with Gasteiger partial charge in [0.2, 0.25) is 10.0 Å². The van der Waals surface area contributed by atoms with Crippen LogP contribution in [0.2, 0.25) is 0 Å². The van der Waals surface area contributed by atoms with Crippen molar-refractivity contribution in [1.82, 2.24) is 4.72 Å². The van der Waals surface area contributed by atoms with Crippen molar-refractivity contribution in [2.24, 2.45) is 0 Å². The van der Waals surface area contributed by atoms with E-state index in [0.29, 0.717) is 11.3 Å². The fraction of sp³-hybridized carbons (Fsp3) is 0.474. The minimum Gasteiger partial charge on any atom is -0.480 e. The van der Waals surface area contributed by atoms with Gasteiger partial charge in [-0.2, -0.15) is 4.72 Å². The molecule has 0 saturated carbocycles. The predicted molar refractivity (Wildman–Crippen MR) is 116 cm³/mol. The summed E-state index contributed by atoms with van der Waals surface area (Å²) in [7, 11) is -4.55. The summed E-state index contributed by atoms with van der Waals surface area (Å²) >= 11 is 1.13. The second-order valence-corrected chi connectivity index (χ2v) is 10.8. The van der Waals surface area contributed by atoms with Crippen LogP contribution < -0.4 is 4.72 Å². The SMILES string of the molecule is CC(=O)SCC(=Cc1ccc(S(=O)(=O)NCC(=O)O)cc1)B1OC(C)(C)C(C)(C)O1. The smallest absolute Gasteiger partial charge is 0.480 e. The Morgan fingerprint density at radius 1 is 1.13 bits per heavy atom. The molecule has 0 atom stereocenters. The lowest BCUT2D eigenvalue weighted by atomic mass is 9.78. The summed E-state index contributed by atoms with van der Waals surface area (Å²) in [5.41, 5.74) is 0.367. The van der Waals surface area contributed by atoms with Crippen molar-refractivity contribution in [2.45, 2.75) is 50.7 Å². The van der Waals surface area contributed by atoms with E-state index in [1.54, 1.807) is 18.2 Å². The van der Waals surface area contributed by atoms with Crippen LogP contribution in [0.15, 0.2) is 34.6 Å². The van der Waals surface area contributed by atoms with E-state index in [0.717, 1.165) is 17.2 Å². The van der Waals surface area contributed by atoms with Gasteiger partial charge in [0.25, 0.3) is 0 Å². The van der Waals surface area contributed by atoms with Gasteiger partial charge in [0, 0.05) is 12.7 Å². The van der Waals surface area contributed by atoms with Gasteiger partial charge in [-0.1, -0.05) is 30.0 Å². The van der Waals surface area contributed by atoms with Crippen molar-refractivity contribution in [3.63, 3.8) is 0 Å². The second kappa shape index (κ2) is 9.23. The third kappa shape index (κ3) is 6.18. The zero-order chi connectivity index (χ0) is 22.7. The van der Waals surface area contributed by atoms with Gasteiger partial charge in [0.15, 0.2) is 5.12 Å². The first-order valence-electron chi connectivity index (χ1n) is 9.24. The van der Waals surface area contributed by atoms with Crippen molar-refractivity contribution in [3.8, 4) is 0 Å². The topological polar surface area (TPSA) is 119 Å². The lowest BCUT2D eigenvalue weighted by Gasteiger charge is -2.32. The Hall–Kier alpha value is -1.66. The summed E-state index contributed by atoms with van der Waals surface area (Å²) in [5, 5.41) is 8.61. The molecule has 1 saturated heterocycles. The van der Waals surface area contributed by atoms with Gasteiger partial charge < -0.3 is 14.4 Å².